The van der Waals surface area contributed by atoms with Crippen LogP contribution in [0.5, 0.6) is 0 Å². The van der Waals surface area contributed by atoms with Crippen LogP contribution in [0, 0.1) is 26.3 Å². The van der Waals surface area contributed by atoms with E-state index in [-0.39, 0.29) is 6.42 Å². The van der Waals surface area contributed by atoms with E-state index in [0.717, 1.165) is 10.5 Å². The van der Waals surface area contributed by atoms with E-state index in [2.05, 4.69) is 16.7 Å². The molecule has 3 amide bonds. The van der Waals surface area contributed by atoms with Gasteiger partial charge in [-0.3, -0.25) is 14.5 Å². The number of carbonyl (C=O) groups excluding carboxylic acids is 4. The molecule has 10 heteroatoms. The van der Waals surface area contributed by atoms with E-state index in [1.165, 1.54) is 0 Å². The van der Waals surface area contributed by atoms with Crippen molar-refractivity contribution >= 4 is 23.9 Å². The van der Waals surface area contributed by atoms with Crippen LogP contribution in [-0.4, -0.2) is 63.8 Å². The number of alkyl carbamates (subject to hydrolysis) is 1. The molecule has 0 aliphatic carbocycles. The molecule has 232 valence electrons. The molecule has 0 aromatic heterocycles. The lowest BCUT2D eigenvalue weighted by Gasteiger charge is -2.32. The van der Waals surface area contributed by atoms with Gasteiger partial charge in [0.2, 0.25) is 5.91 Å². The first-order valence-corrected chi connectivity index (χ1v) is 14.0. The molecule has 10 nitrogen and oxygen atoms in total. The number of aryl methyl sites for hydroxylation is 2. The largest absolute Gasteiger partial charge is 0.458 e. The molecule has 0 radical (unpaired) electrons. The number of aliphatic hydroxyl groups is 1. The van der Waals surface area contributed by atoms with Crippen molar-refractivity contribution in [2.75, 3.05) is 6.61 Å². The number of rotatable bonds is 10. The molecule has 0 heterocycles. The maximum absolute atomic E-state index is 14.2. The van der Waals surface area contributed by atoms with Crippen molar-refractivity contribution in [2.24, 2.45) is 0 Å². The lowest BCUT2D eigenvalue weighted by molar-refractivity contribution is -0.159. The van der Waals surface area contributed by atoms with Gasteiger partial charge >= 0.3 is 12.1 Å². The summed E-state index contributed by atoms with van der Waals surface area (Å²) in [7, 11) is 0. The standard InChI is InChI=1S/C33H43N3O7/c1-10-36(29(39)25(20-37)35-31(41)43-33(7,8)9)27(26-21(2)15-14-16-22(26)3)28(38)34-24(30(40)42-32(4,5)6)19-23-17-12-11-13-18-23/h1,11-18,24-25,27,37H,19-20H2,2-9H3,(H,34,38)(H,35,41). The first-order valence-electron chi connectivity index (χ1n) is 14.0. The zero-order chi connectivity index (χ0) is 32.5. The number of esters is 1. The summed E-state index contributed by atoms with van der Waals surface area (Å²) >= 11 is 0. The Bertz CT molecular complexity index is 1320. The second-order valence-corrected chi connectivity index (χ2v) is 12.2. The molecule has 2 aromatic carbocycles. The Labute approximate surface area is 254 Å². The van der Waals surface area contributed by atoms with Crippen molar-refractivity contribution in [1.82, 2.24) is 15.5 Å². The number of benzene rings is 2. The number of nitrogens with one attached hydrogen (secondary N) is 2. The minimum absolute atomic E-state index is 0.116. The van der Waals surface area contributed by atoms with E-state index in [1.54, 1.807) is 73.6 Å². The Morgan fingerprint density at radius 2 is 1.42 bits per heavy atom. The van der Waals surface area contributed by atoms with Crippen LogP contribution in [0.4, 0.5) is 4.79 Å². The molecule has 2 rings (SSSR count). The van der Waals surface area contributed by atoms with Gasteiger partial charge in [0.15, 0.2) is 0 Å². The summed E-state index contributed by atoms with van der Waals surface area (Å²) in [5.74, 6) is -2.33. The zero-order valence-corrected chi connectivity index (χ0v) is 26.2. The Balaban J connectivity index is 2.56. The Hall–Kier alpha value is -4.36. The number of carbonyl (C=O) groups is 4. The molecule has 0 saturated carbocycles. The number of ether oxygens (including phenoxy) is 2. The summed E-state index contributed by atoms with van der Waals surface area (Å²) in [5.41, 5.74) is 0.828. The quantitative estimate of drug-likeness (QED) is 0.217. The van der Waals surface area contributed by atoms with Crippen LogP contribution in [0.15, 0.2) is 48.5 Å². The fraction of sp³-hybridized carbons (Fsp3) is 0.455. The van der Waals surface area contributed by atoms with Gasteiger partial charge in [-0.15, -0.1) is 0 Å². The van der Waals surface area contributed by atoms with Gasteiger partial charge < -0.3 is 25.2 Å². The van der Waals surface area contributed by atoms with Crippen molar-refractivity contribution < 1.29 is 33.8 Å². The molecule has 0 saturated heterocycles. The second kappa shape index (κ2) is 14.7. The first-order chi connectivity index (χ1) is 20.0. The van der Waals surface area contributed by atoms with Crippen LogP contribution in [0.2, 0.25) is 0 Å². The molecule has 0 bridgehead atoms. The van der Waals surface area contributed by atoms with Gasteiger partial charge in [-0.05, 0) is 77.6 Å². The average molecular weight is 594 g/mol. The third kappa shape index (κ3) is 10.5. The predicted octanol–water partition coefficient (Wildman–Crippen LogP) is 3.72. The monoisotopic (exact) mass is 593 g/mol. The minimum atomic E-state index is -1.52. The predicted molar refractivity (Wildman–Crippen MR) is 163 cm³/mol. The van der Waals surface area contributed by atoms with Gasteiger partial charge in [0.25, 0.3) is 5.91 Å². The summed E-state index contributed by atoms with van der Waals surface area (Å²) in [5, 5.41) is 15.1. The van der Waals surface area contributed by atoms with Crippen LogP contribution in [0.3, 0.4) is 0 Å². The number of aliphatic hydroxyl groups excluding tert-OH is 1. The van der Waals surface area contributed by atoms with Crippen molar-refractivity contribution in [2.45, 2.75) is 91.1 Å². The van der Waals surface area contributed by atoms with Crippen LogP contribution in [0.1, 0.15) is 69.8 Å². The molecular weight excluding hydrogens is 550 g/mol. The number of hydrogen-bond acceptors (Lipinski definition) is 7. The smallest absolute Gasteiger partial charge is 0.408 e. The SMILES string of the molecule is C#CN(C(=O)C(CO)NC(=O)OC(C)(C)C)C(C(=O)NC(Cc1ccccc1)C(=O)OC(C)(C)C)c1c(C)cccc1C. The van der Waals surface area contributed by atoms with Crippen LogP contribution in [-0.2, 0) is 30.3 Å². The Morgan fingerprint density at radius 3 is 1.91 bits per heavy atom. The maximum Gasteiger partial charge on any atom is 0.408 e. The molecule has 2 aromatic rings. The Kier molecular flexibility index (Phi) is 11.9. The highest BCUT2D eigenvalue weighted by atomic mass is 16.6. The molecular formula is C33H43N3O7. The number of amides is 3. The highest BCUT2D eigenvalue weighted by molar-refractivity contribution is 5.95. The molecule has 0 aliphatic rings. The second-order valence-electron chi connectivity index (χ2n) is 12.2. The van der Waals surface area contributed by atoms with E-state index in [0.29, 0.717) is 16.7 Å². The topological polar surface area (TPSA) is 134 Å². The fourth-order valence-corrected chi connectivity index (χ4v) is 4.37. The van der Waals surface area contributed by atoms with E-state index in [1.807, 2.05) is 30.3 Å². The average Bonchev–Trinajstić information content (AvgIpc) is 2.89. The molecule has 0 fully saturated rings. The number of nitrogens with zero attached hydrogens (tertiary/aromatic N) is 1. The van der Waals surface area contributed by atoms with E-state index in [4.69, 9.17) is 15.9 Å². The van der Waals surface area contributed by atoms with Crippen LogP contribution >= 0.6 is 0 Å². The maximum atomic E-state index is 14.2. The van der Waals surface area contributed by atoms with Gasteiger partial charge in [0, 0.05) is 12.5 Å². The summed E-state index contributed by atoms with van der Waals surface area (Å²) in [4.78, 5) is 54.4. The summed E-state index contributed by atoms with van der Waals surface area (Å²) in [6.07, 6.45) is 5.00. The van der Waals surface area contributed by atoms with Crippen molar-refractivity contribution in [3.63, 3.8) is 0 Å². The Morgan fingerprint density at radius 1 is 0.860 bits per heavy atom. The highest BCUT2D eigenvalue weighted by Gasteiger charge is 2.39. The molecule has 43 heavy (non-hydrogen) atoms. The van der Waals surface area contributed by atoms with Crippen molar-refractivity contribution in [3.8, 4) is 12.5 Å². The van der Waals surface area contributed by atoms with Gasteiger partial charge in [-0.25, -0.2) is 9.59 Å². The van der Waals surface area contributed by atoms with E-state index < -0.39 is 59.8 Å². The summed E-state index contributed by atoms with van der Waals surface area (Å²) in [6, 6.07) is 12.6. The fourth-order valence-electron chi connectivity index (χ4n) is 4.37. The van der Waals surface area contributed by atoms with E-state index in [9.17, 15) is 24.3 Å². The molecule has 3 N–H and O–H groups in total. The van der Waals surface area contributed by atoms with Crippen LogP contribution in [0.25, 0.3) is 0 Å². The lowest BCUT2D eigenvalue weighted by Crippen LogP contribution is -2.54. The van der Waals surface area contributed by atoms with Gasteiger partial charge in [-0.1, -0.05) is 55.0 Å². The zero-order valence-electron chi connectivity index (χ0n) is 26.2. The van der Waals surface area contributed by atoms with Gasteiger partial charge in [0.05, 0.1) is 6.61 Å². The third-order valence-corrected chi connectivity index (χ3v) is 6.16. The van der Waals surface area contributed by atoms with Gasteiger partial charge in [-0.2, -0.15) is 0 Å². The molecule has 3 unspecified atom stereocenters. The van der Waals surface area contributed by atoms with Gasteiger partial charge in [0.1, 0.15) is 29.3 Å². The van der Waals surface area contributed by atoms with Crippen LogP contribution < -0.4 is 10.6 Å². The third-order valence-electron chi connectivity index (χ3n) is 6.16. The number of terminal acetylenes is 1. The normalized spacial score (nSPS) is 13.5. The first kappa shape index (κ1) is 34.8. The number of hydrogen-bond donors (Lipinski definition) is 3. The summed E-state index contributed by atoms with van der Waals surface area (Å²) < 4.78 is 10.8. The minimum Gasteiger partial charge on any atom is -0.458 e. The van der Waals surface area contributed by atoms with Crippen molar-refractivity contribution in [3.05, 3.63) is 70.8 Å². The highest BCUT2D eigenvalue weighted by Crippen LogP contribution is 2.28. The lowest BCUT2D eigenvalue weighted by atomic mass is 9.93. The molecule has 0 spiro atoms. The molecule has 3 atom stereocenters. The van der Waals surface area contributed by atoms with E-state index >= 15 is 0 Å². The van der Waals surface area contributed by atoms with Crippen molar-refractivity contribution in [1.29, 1.82) is 0 Å². The molecule has 0 aliphatic heterocycles. The summed E-state index contributed by atoms with van der Waals surface area (Å²) in [6.45, 7) is 12.8.